The van der Waals surface area contributed by atoms with E-state index in [1.54, 1.807) is 0 Å². The summed E-state index contributed by atoms with van der Waals surface area (Å²) in [4.78, 5) is 10.9. The largest absolute Gasteiger partial charge is 0.465 e. The second-order valence-electron chi connectivity index (χ2n) is 5.06. The van der Waals surface area contributed by atoms with Gasteiger partial charge in [0, 0.05) is 0 Å². The Balaban J connectivity index is 2.58. The Morgan fingerprint density at radius 3 is 2.35 bits per heavy atom. The van der Waals surface area contributed by atoms with Crippen LogP contribution in [0.15, 0.2) is 41.3 Å². The van der Waals surface area contributed by atoms with Crippen molar-refractivity contribution in [3.8, 4) is 11.5 Å². The van der Waals surface area contributed by atoms with Crippen LogP contribution in [0.2, 0.25) is 0 Å². The first-order chi connectivity index (χ1) is 11.9. The Hall–Kier alpha value is -2.79. The molecule has 0 saturated heterocycles. The predicted molar refractivity (Wildman–Crippen MR) is 85.1 cm³/mol. The Bertz CT molecular complexity index is 958. The van der Waals surface area contributed by atoms with Gasteiger partial charge in [0.2, 0.25) is 10.0 Å². The highest BCUT2D eigenvalue weighted by Gasteiger charge is 2.31. The number of nitrogens with two attached hydrogens (primary N) is 2. The minimum atomic E-state index is -4.62. The SMILES string of the molecule is COC(=O)c1cc(N)c(Oc2cccc(C(F)(F)F)c2)c(S(N)(=O)=O)c1. The smallest absolute Gasteiger partial charge is 0.416 e. The number of hydrogen-bond donors (Lipinski definition) is 2. The monoisotopic (exact) mass is 390 g/mol. The molecule has 0 unspecified atom stereocenters. The van der Waals surface area contributed by atoms with Crippen LogP contribution in [0.25, 0.3) is 0 Å². The van der Waals surface area contributed by atoms with Crippen LogP contribution in [0.3, 0.4) is 0 Å². The van der Waals surface area contributed by atoms with Gasteiger partial charge in [0.1, 0.15) is 10.6 Å². The molecule has 0 atom stereocenters. The molecule has 26 heavy (non-hydrogen) atoms. The molecular formula is C15H13F3N2O5S. The fourth-order valence-corrected chi connectivity index (χ4v) is 2.74. The molecular weight excluding hydrogens is 377 g/mol. The lowest BCUT2D eigenvalue weighted by molar-refractivity contribution is -0.137. The van der Waals surface area contributed by atoms with Gasteiger partial charge in [-0.15, -0.1) is 0 Å². The first-order valence-corrected chi connectivity index (χ1v) is 8.38. The number of alkyl halides is 3. The van der Waals surface area contributed by atoms with E-state index in [2.05, 4.69) is 4.74 Å². The van der Waals surface area contributed by atoms with Crippen LogP contribution in [-0.2, 0) is 20.9 Å². The summed E-state index contributed by atoms with van der Waals surface area (Å²) < 4.78 is 71.7. The number of rotatable bonds is 4. The number of sulfonamides is 1. The third kappa shape index (κ3) is 4.24. The van der Waals surface area contributed by atoms with Crippen LogP contribution in [0.1, 0.15) is 15.9 Å². The van der Waals surface area contributed by atoms with Crippen molar-refractivity contribution in [1.29, 1.82) is 0 Å². The molecule has 11 heteroatoms. The minimum absolute atomic E-state index is 0.217. The number of carbonyl (C=O) groups excluding carboxylic acids is 1. The highest BCUT2D eigenvalue weighted by atomic mass is 32.2. The zero-order chi connectivity index (χ0) is 19.7. The van der Waals surface area contributed by atoms with Crippen LogP contribution < -0.4 is 15.6 Å². The van der Waals surface area contributed by atoms with Crippen molar-refractivity contribution in [2.45, 2.75) is 11.1 Å². The normalized spacial score (nSPS) is 11.9. The van der Waals surface area contributed by atoms with E-state index >= 15 is 0 Å². The second-order valence-corrected chi connectivity index (χ2v) is 6.59. The molecule has 2 rings (SSSR count). The van der Waals surface area contributed by atoms with Gasteiger partial charge in [0.25, 0.3) is 0 Å². The van der Waals surface area contributed by atoms with Gasteiger partial charge in [-0.25, -0.2) is 18.4 Å². The van der Waals surface area contributed by atoms with Crippen LogP contribution in [0.4, 0.5) is 18.9 Å². The van der Waals surface area contributed by atoms with Gasteiger partial charge in [0.05, 0.1) is 23.9 Å². The average molecular weight is 390 g/mol. The summed E-state index contributed by atoms with van der Waals surface area (Å²) in [5.74, 6) is -1.70. The molecule has 0 spiro atoms. The zero-order valence-corrected chi connectivity index (χ0v) is 14.0. The number of anilines is 1. The van der Waals surface area contributed by atoms with Crippen molar-refractivity contribution in [1.82, 2.24) is 0 Å². The summed E-state index contributed by atoms with van der Waals surface area (Å²) in [6.07, 6.45) is -4.62. The molecule has 7 nitrogen and oxygen atoms in total. The molecule has 0 radical (unpaired) electrons. The maximum Gasteiger partial charge on any atom is 0.416 e. The van der Waals surface area contributed by atoms with Crippen molar-refractivity contribution < 1.29 is 35.9 Å². The van der Waals surface area contributed by atoms with Crippen LogP contribution in [-0.4, -0.2) is 21.5 Å². The Morgan fingerprint density at radius 1 is 1.15 bits per heavy atom. The van der Waals surface area contributed by atoms with Crippen LogP contribution in [0.5, 0.6) is 11.5 Å². The zero-order valence-electron chi connectivity index (χ0n) is 13.2. The Kier molecular flexibility index (Phi) is 5.14. The summed E-state index contributed by atoms with van der Waals surface area (Å²) in [6.45, 7) is 0. The molecule has 0 heterocycles. The lowest BCUT2D eigenvalue weighted by Gasteiger charge is -2.15. The number of carbonyl (C=O) groups is 1. The fraction of sp³-hybridized carbons (Fsp3) is 0.133. The highest BCUT2D eigenvalue weighted by Crippen LogP contribution is 2.37. The quantitative estimate of drug-likeness (QED) is 0.611. The fourth-order valence-electron chi connectivity index (χ4n) is 2.03. The topological polar surface area (TPSA) is 122 Å². The lowest BCUT2D eigenvalue weighted by atomic mass is 10.2. The molecule has 0 aliphatic heterocycles. The molecule has 140 valence electrons. The predicted octanol–water partition coefficient (Wildman–Crippen LogP) is 2.51. The molecule has 0 aliphatic carbocycles. The average Bonchev–Trinajstić information content (AvgIpc) is 2.54. The summed E-state index contributed by atoms with van der Waals surface area (Å²) in [6, 6.07) is 5.66. The first-order valence-electron chi connectivity index (χ1n) is 6.83. The standard InChI is InChI=1S/C15H13F3N2O5S/c1-24-14(21)8-5-11(19)13(12(6-8)26(20,22)23)25-10-4-2-3-9(7-10)15(16,17)18/h2-7H,19H2,1H3,(H2,20,22,23). The van der Waals surface area contributed by atoms with Crippen LogP contribution >= 0.6 is 0 Å². The van der Waals surface area contributed by atoms with Gasteiger partial charge in [-0.1, -0.05) is 6.07 Å². The molecule has 0 saturated carbocycles. The maximum atomic E-state index is 12.8. The lowest BCUT2D eigenvalue weighted by Crippen LogP contribution is -2.16. The van der Waals surface area contributed by atoms with Gasteiger partial charge in [-0.3, -0.25) is 0 Å². The van der Waals surface area contributed by atoms with E-state index in [1.165, 1.54) is 6.07 Å². The minimum Gasteiger partial charge on any atom is -0.465 e. The third-order valence-corrected chi connectivity index (χ3v) is 4.11. The third-order valence-electron chi connectivity index (χ3n) is 3.19. The number of hydrogen-bond acceptors (Lipinski definition) is 6. The van der Waals surface area contributed by atoms with E-state index in [1.807, 2.05) is 0 Å². The summed E-state index contributed by atoms with van der Waals surface area (Å²) in [7, 11) is -3.34. The molecule has 2 aromatic carbocycles. The number of nitrogen functional groups attached to an aromatic ring is 1. The van der Waals surface area contributed by atoms with Crippen LogP contribution in [0, 0.1) is 0 Å². The van der Waals surface area contributed by atoms with Crippen molar-refractivity contribution in [2.75, 3.05) is 12.8 Å². The van der Waals surface area contributed by atoms with E-state index in [4.69, 9.17) is 15.6 Å². The number of halogens is 3. The summed E-state index contributed by atoms with van der Waals surface area (Å²) in [5, 5.41) is 5.09. The first kappa shape index (κ1) is 19.5. The van der Waals surface area contributed by atoms with Crippen molar-refractivity contribution in [3.05, 3.63) is 47.5 Å². The maximum absolute atomic E-state index is 12.8. The Morgan fingerprint density at radius 2 is 1.81 bits per heavy atom. The van der Waals surface area contributed by atoms with Crippen molar-refractivity contribution in [2.24, 2.45) is 5.14 Å². The number of esters is 1. The van der Waals surface area contributed by atoms with E-state index in [9.17, 15) is 26.4 Å². The summed E-state index contributed by atoms with van der Waals surface area (Å²) in [5.41, 5.74) is 4.16. The van der Waals surface area contributed by atoms with E-state index in [0.717, 1.165) is 31.4 Å². The Labute approximate surface area is 146 Å². The molecule has 2 aromatic rings. The molecule has 0 bridgehead atoms. The number of primary sulfonamides is 1. The van der Waals surface area contributed by atoms with Gasteiger partial charge in [-0.2, -0.15) is 13.2 Å². The van der Waals surface area contributed by atoms with Gasteiger partial charge < -0.3 is 15.2 Å². The number of benzene rings is 2. The number of methoxy groups -OCH3 is 1. The molecule has 0 aliphatic rings. The van der Waals surface area contributed by atoms with E-state index < -0.39 is 38.4 Å². The van der Waals surface area contributed by atoms with Crippen molar-refractivity contribution in [3.63, 3.8) is 0 Å². The summed E-state index contributed by atoms with van der Waals surface area (Å²) >= 11 is 0. The molecule has 0 aromatic heterocycles. The molecule has 0 amide bonds. The van der Waals surface area contributed by atoms with Gasteiger partial charge in [0.15, 0.2) is 5.75 Å². The van der Waals surface area contributed by atoms with Gasteiger partial charge >= 0.3 is 12.1 Å². The van der Waals surface area contributed by atoms with E-state index in [-0.39, 0.29) is 17.0 Å². The second kappa shape index (κ2) is 6.84. The van der Waals surface area contributed by atoms with Gasteiger partial charge in [-0.05, 0) is 30.3 Å². The molecule has 4 N–H and O–H groups in total. The van der Waals surface area contributed by atoms with E-state index in [0.29, 0.717) is 6.07 Å². The number of ether oxygens (including phenoxy) is 2. The van der Waals surface area contributed by atoms with Crippen molar-refractivity contribution >= 4 is 21.7 Å². The highest BCUT2D eigenvalue weighted by molar-refractivity contribution is 7.89. The molecule has 0 fully saturated rings.